The molecule has 2 saturated heterocycles. The second kappa shape index (κ2) is 7.97. The number of carboxylic acid groups (broad SMARTS) is 1. The highest BCUT2D eigenvalue weighted by Crippen LogP contribution is 2.38. The summed E-state index contributed by atoms with van der Waals surface area (Å²) in [6, 6.07) is 16.6. The van der Waals surface area contributed by atoms with Gasteiger partial charge in [-0.25, -0.2) is 4.79 Å². The van der Waals surface area contributed by atoms with Gasteiger partial charge in [-0.1, -0.05) is 48.0 Å². The number of piperidine rings is 1. The van der Waals surface area contributed by atoms with Crippen molar-refractivity contribution in [1.29, 1.82) is 0 Å². The lowest BCUT2D eigenvalue weighted by atomic mass is 9.96. The van der Waals surface area contributed by atoms with Gasteiger partial charge in [0.2, 0.25) is 0 Å². The van der Waals surface area contributed by atoms with Crippen LogP contribution in [0.5, 0.6) is 0 Å². The first-order valence-corrected chi connectivity index (χ1v) is 10.0. The van der Waals surface area contributed by atoms with Gasteiger partial charge in [-0.05, 0) is 24.6 Å². The molecule has 6 nitrogen and oxygen atoms in total. The summed E-state index contributed by atoms with van der Waals surface area (Å²) >= 11 is 0. The maximum Gasteiger partial charge on any atom is 0.328 e. The molecule has 0 bridgehead atoms. The number of carbonyl (C=O) groups is 2. The molecule has 0 aromatic heterocycles. The molecule has 1 amide bonds. The average Bonchev–Trinajstić information content (AvgIpc) is 3.10. The van der Waals surface area contributed by atoms with Gasteiger partial charge < -0.3 is 9.84 Å². The van der Waals surface area contributed by atoms with E-state index in [0.717, 1.165) is 25.2 Å². The number of ether oxygens (including phenoxy) is 1. The Hall–Kier alpha value is -2.70. The van der Waals surface area contributed by atoms with Crippen molar-refractivity contribution in [3.05, 3.63) is 71.3 Å². The molecule has 0 radical (unpaired) electrons. The van der Waals surface area contributed by atoms with Gasteiger partial charge in [0.25, 0.3) is 5.91 Å². The minimum Gasteiger partial charge on any atom is -0.480 e. The lowest BCUT2D eigenvalue weighted by Gasteiger charge is -2.44. The summed E-state index contributed by atoms with van der Waals surface area (Å²) in [6.07, 6.45) is 1.20. The van der Waals surface area contributed by atoms with Crippen molar-refractivity contribution in [3.8, 4) is 0 Å². The summed E-state index contributed by atoms with van der Waals surface area (Å²) in [6.45, 7) is 4.33. The molecule has 2 aromatic rings. The molecule has 1 N–H and O–H groups in total. The molecule has 4 rings (SSSR count). The number of carbonyl (C=O) groups excluding carboxylic acids is 1. The molecule has 6 heteroatoms. The summed E-state index contributed by atoms with van der Waals surface area (Å²) in [5, 5.41) is 9.70. The van der Waals surface area contributed by atoms with Gasteiger partial charge in [0.1, 0.15) is 5.72 Å². The first-order valence-electron chi connectivity index (χ1n) is 10.0. The lowest BCUT2D eigenvalue weighted by molar-refractivity contribution is -0.144. The zero-order chi connectivity index (χ0) is 20.4. The Kier molecular flexibility index (Phi) is 5.39. The Morgan fingerprint density at radius 3 is 2.34 bits per heavy atom. The first-order chi connectivity index (χ1) is 14.0. The highest BCUT2D eigenvalue weighted by atomic mass is 16.5. The van der Waals surface area contributed by atoms with Crippen LogP contribution >= 0.6 is 0 Å². The van der Waals surface area contributed by atoms with Crippen molar-refractivity contribution in [2.45, 2.75) is 38.1 Å². The topological polar surface area (TPSA) is 70.1 Å². The predicted octanol–water partition coefficient (Wildman–Crippen LogP) is 2.91. The molecule has 2 aliphatic heterocycles. The molecule has 0 aliphatic carbocycles. The minimum atomic E-state index is -1.02. The highest BCUT2D eigenvalue weighted by molar-refractivity contribution is 5.97. The largest absolute Gasteiger partial charge is 0.480 e. The van der Waals surface area contributed by atoms with Crippen LogP contribution in [0.25, 0.3) is 0 Å². The van der Waals surface area contributed by atoms with Crippen LogP contribution in [0, 0.1) is 6.92 Å². The van der Waals surface area contributed by atoms with Gasteiger partial charge in [-0.15, -0.1) is 0 Å². The molecule has 0 unspecified atom stereocenters. The van der Waals surface area contributed by atoms with Gasteiger partial charge >= 0.3 is 5.97 Å². The number of carboxylic acids is 1. The minimum absolute atomic E-state index is 0.0334. The third-order valence-corrected chi connectivity index (χ3v) is 5.95. The highest BCUT2D eigenvalue weighted by Gasteiger charge is 2.54. The molecule has 2 aliphatic rings. The fourth-order valence-corrected chi connectivity index (χ4v) is 4.29. The van der Waals surface area contributed by atoms with Gasteiger partial charge in [0.05, 0.1) is 6.61 Å². The summed E-state index contributed by atoms with van der Waals surface area (Å²) in [4.78, 5) is 28.9. The molecule has 2 heterocycles. The van der Waals surface area contributed by atoms with Crippen LogP contribution in [0.3, 0.4) is 0 Å². The Bertz CT molecular complexity index is 874. The molecular formula is C23H26N2O4. The van der Waals surface area contributed by atoms with Crippen LogP contribution in [-0.4, -0.2) is 58.2 Å². The number of benzene rings is 2. The molecule has 2 aromatic carbocycles. The third kappa shape index (κ3) is 3.91. The lowest BCUT2D eigenvalue weighted by Crippen LogP contribution is -2.58. The van der Waals surface area contributed by atoms with Crippen molar-refractivity contribution in [3.63, 3.8) is 0 Å². The van der Waals surface area contributed by atoms with Crippen LogP contribution in [0.15, 0.2) is 54.6 Å². The van der Waals surface area contributed by atoms with Crippen LogP contribution in [0.1, 0.15) is 34.3 Å². The van der Waals surface area contributed by atoms with Crippen LogP contribution in [0.4, 0.5) is 0 Å². The SMILES string of the molecule is Cc1ccc(C(=O)N2[C@@H](C(=O)O)COC23CCN(Cc2ccccc2)CC3)cc1. The first kappa shape index (κ1) is 19.6. The van der Waals surface area contributed by atoms with E-state index in [4.69, 9.17) is 4.74 Å². The standard InChI is InChI=1S/C23H26N2O4/c1-17-7-9-19(10-8-17)21(26)25-20(22(27)28)16-29-23(25)11-13-24(14-12-23)15-18-5-3-2-4-6-18/h2-10,20H,11-16H2,1H3,(H,27,28)/t20-/m1/s1. The molecule has 1 spiro atoms. The van der Waals surface area contributed by atoms with E-state index >= 15 is 0 Å². The molecule has 2 fully saturated rings. The summed E-state index contributed by atoms with van der Waals surface area (Å²) in [7, 11) is 0. The second-order valence-corrected chi connectivity index (χ2v) is 7.91. The number of amides is 1. The van der Waals surface area contributed by atoms with E-state index in [1.54, 1.807) is 12.1 Å². The number of aliphatic carboxylic acids is 1. The number of rotatable bonds is 4. The molecule has 0 saturated carbocycles. The van der Waals surface area contributed by atoms with Crippen molar-refractivity contribution >= 4 is 11.9 Å². The number of nitrogens with zero attached hydrogens (tertiary/aromatic N) is 2. The fourth-order valence-electron chi connectivity index (χ4n) is 4.29. The smallest absolute Gasteiger partial charge is 0.328 e. The summed E-state index contributed by atoms with van der Waals surface area (Å²) in [5.41, 5.74) is 1.95. The molecule has 152 valence electrons. The maximum atomic E-state index is 13.3. The van der Waals surface area contributed by atoms with Gasteiger partial charge in [0.15, 0.2) is 6.04 Å². The summed E-state index contributed by atoms with van der Waals surface area (Å²) in [5.74, 6) is -1.29. The van der Waals surface area contributed by atoms with E-state index in [1.807, 2.05) is 37.3 Å². The van der Waals surface area contributed by atoms with Crippen molar-refractivity contribution < 1.29 is 19.4 Å². The van der Waals surface area contributed by atoms with Gasteiger partial charge in [-0.2, -0.15) is 0 Å². The van der Waals surface area contributed by atoms with Crippen molar-refractivity contribution in [2.24, 2.45) is 0 Å². The monoisotopic (exact) mass is 394 g/mol. The van der Waals surface area contributed by atoms with E-state index in [0.29, 0.717) is 18.4 Å². The summed E-state index contributed by atoms with van der Waals surface area (Å²) < 4.78 is 6.03. The van der Waals surface area contributed by atoms with Crippen LogP contribution in [0.2, 0.25) is 0 Å². The van der Waals surface area contributed by atoms with Crippen LogP contribution in [-0.2, 0) is 16.1 Å². The zero-order valence-electron chi connectivity index (χ0n) is 16.6. The van der Waals surface area contributed by atoms with Crippen molar-refractivity contribution in [1.82, 2.24) is 9.80 Å². The Morgan fingerprint density at radius 2 is 1.72 bits per heavy atom. The quantitative estimate of drug-likeness (QED) is 0.864. The molecular weight excluding hydrogens is 368 g/mol. The van der Waals surface area contributed by atoms with Crippen molar-refractivity contribution in [2.75, 3.05) is 19.7 Å². The second-order valence-electron chi connectivity index (χ2n) is 7.91. The van der Waals surface area contributed by atoms with E-state index in [2.05, 4.69) is 17.0 Å². The number of likely N-dealkylation sites (tertiary alicyclic amines) is 1. The Morgan fingerprint density at radius 1 is 1.07 bits per heavy atom. The van der Waals surface area contributed by atoms with E-state index in [9.17, 15) is 14.7 Å². The number of hydrogen-bond donors (Lipinski definition) is 1. The molecule has 29 heavy (non-hydrogen) atoms. The Balaban J connectivity index is 1.53. The average molecular weight is 394 g/mol. The Labute approximate surface area is 170 Å². The van der Waals surface area contributed by atoms with Crippen LogP contribution < -0.4 is 0 Å². The number of hydrogen-bond acceptors (Lipinski definition) is 4. The zero-order valence-corrected chi connectivity index (χ0v) is 16.6. The molecule has 1 atom stereocenters. The van der Waals surface area contributed by atoms with E-state index < -0.39 is 17.7 Å². The fraction of sp³-hybridized carbons (Fsp3) is 0.391. The van der Waals surface area contributed by atoms with Gasteiger partial charge in [-0.3, -0.25) is 14.6 Å². The predicted molar refractivity (Wildman–Crippen MR) is 108 cm³/mol. The maximum absolute atomic E-state index is 13.3. The normalized spacial score (nSPS) is 21.4. The van der Waals surface area contributed by atoms with E-state index in [-0.39, 0.29) is 12.5 Å². The number of aryl methyl sites for hydroxylation is 1. The van der Waals surface area contributed by atoms with E-state index in [1.165, 1.54) is 10.5 Å². The third-order valence-electron chi connectivity index (χ3n) is 5.95. The van der Waals surface area contributed by atoms with Gasteiger partial charge in [0, 0.05) is 38.0 Å².